The molecule has 186 valence electrons. The quantitative estimate of drug-likeness (QED) is 0.312. The number of aromatic nitrogens is 6. The second-order valence-corrected chi connectivity index (χ2v) is 10.4. The summed E-state index contributed by atoms with van der Waals surface area (Å²) in [5, 5.41) is 13.1. The number of fused-ring (bicyclic) bond motifs is 1. The highest BCUT2D eigenvalue weighted by Gasteiger charge is 2.36. The number of nitrogens with zero attached hydrogens (tertiary/aromatic N) is 6. The fourth-order valence-electron chi connectivity index (χ4n) is 4.51. The van der Waals surface area contributed by atoms with E-state index in [0.29, 0.717) is 44.8 Å². The molecule has 5 heterocycles. The lowest BCUT2D eigenvalue weighted by Crippen LogP contribution is -2.44. The summed E-state index contributed by atoms with van der Waals surface area (Å²) >= 11 is 7.72. The van der Waals surface area contributed by atoms with E-state index in [9.17, 15) is 4.79 Å². The van der Waals surface area contributed by atoms with Crippen LogP contribution in [0.2, 0.25) is 4.34 Å². The van der Waals surface area contributed by atoms with E-state index in [1.54, 1.807) is 24.7 Å². The van der Waals surface area contributed by atoms with Gasteiger partial charge >= 0.3 is 0 Å². The lowest BCUT2D eigenvalue weighted by atomic mass is 9.79. The highest BCUT2D eigenvalue weighted by Crippen LogP contribution is 2.40. The monoisotopic (exact) mass is 531 g/mol. The van der Waals surface area contributed by atoms with Crippen molar-refractivity contribution in [2.24, 2.45) is 0 Å². The normalized spacial score (nSPS) is 16.9. The summed E-state index contributed by atoms with van der Waals surface area (Å²) in [6, 6.07) is 12.9. The van der Waals surface area contributed by atoms with Crippen molar-refractivity contribution in [3.63, 3.8) is 0 Å². The molecule has 0 aromatic carbocycles. The van der Waals surface area contributed by atoms with Crippen LogP contribution < -0.4 is 10.1 Å². The summed E-state index contributed by atoms with van der Waals surface area (Å²) < 4.78 is 8.22. The first kappa shape index (κ1) is 23.5. The minimum atomic E-state index is -0.152. The van der Waals surface area contributed by atoms with Gasteiger partial charge in [0, 0.05) is 24.4 Å². The molecular weight excluding hydrogens is 510 g/mol. The molecule has 37 heavy (non-hydrogen) atoms. The number of amides is 1. The molecule has 1 amide bonds. The highest BCUT2D eigenvalue weighted by molar-refractivity contribution is 7.18. The largest absolute Gasteiger partial charge is 0.492 e. The Bertz CT molecular complexity index is 1570. The molecule has 1 aliphatic carbocycles. The number of hydrogen-bond acceptors (Lipinski definition) is 8. The van der Waals surface area contributed by atoms with Crippen molar-refractivity contribution >= 4 is 39.9 Å². The van der Waals surface area contributed by atoms with Gasteiger partial charge in [0.15, 0.2) is 5.82 Å². The smallest absolute Gasteiger partial charge is 0.253 e. The third-order valence-corrected chi connectivity index (χ3v) is 7.54. The van der Waals surface area contributed by atoms with Crippen LogP contribution >= 0.6 is 22.9 Å². The van der Waals surface area contributed by atoms with Gasteiger partial charge < -0.3 is 10.1 Å². The molecular formula is C26H22ClN7O2S. The summed E-state index contributed by atoms with van der Waals surface area (Å²) in [6.07, 6.45) is 6.48. The predicted molar refractivity (Wildman–Crippen MR) is 141 cm³/mol. The van der Waals surface area contributed by atoms with Crippen LogP contribution in [-0.4, -0.2) is 48.3 Å². The van der Waals surface area contributed by atoms with Gasteiger partial charge in [-0.2, -0.15) is 0 Å². The van der Waals surface area contributed by atoms with E-state index in [1.807, 2.05) is 47.9 Å². The van der Waals surface area contributed by atoms with Crippen LogP contribution in [0.5, 0.6) is 5.75 Å². The van der Waals surface area contributed by atoms with Crippen LogP contribution in [0.4, 0.5) is 0 Å². The molecule has 1 N–H and O–H groups in total. The van der Waals surface area contributed by atoms with Gasteiger partial charge in [-0.3, -0.25) is 19.3 Å². The zero-order valence-corrected chi connectivity index (χ0v) is 21.4. The Kier molecular flexibility index (Phi) is 6.27. The third-order valence-electron chi connectivity index (χ3n) is 6.32. The van der Waals surface area contributed by atoms with Gasteiger partial charge in [0.1, 0.15) is 27.8 Å². The molecule has 11 heteroatoms. The fraction of sp³-hybridized carbons (Fsp3) is 0.231. The second kappa shape index (κ2) is 9.87. The Morgan fingerprint density at radius 3 is 2.76 bits per heavy atom. The predicted octanol–water partition coefficient (Wildman–Crippen LogP) is 5.06. The SMILES string of the molecule is CCOc1ccc(-c2nnc(C3CC(NC(=O)c4ccnc5cccnc45)C3)n2-c2ccc(Cl)s2)nc1. The Balaban J connectivity index is 1.23. The zero-order valence-electron chi connectivity index (χ0n) is 19.8. The number of carbonyl (C=O) groups is 1. The van der Waals surface area contributed by atoms with Crippen LogP contribution in [0.25, 0.3) is 27.6 Å². The van der Waals surface area contributed by atoms with Gasteiger partial charge in [-0.15, -0.1) is 21.5 Å². The van der Waals surface area contributed by atoms with Crippen LogP contribution in [0.3, 0.4) is 0 Å². The standard InChI is InChI=1S/C26H22ClN7O2S/c1-2-36-17-5-6-20(30-14-17)25-33-32-24(34(25)22-8-7-21(27)37-22)15-12-16(13-15)31-26(35)18-9-11-28-19-4-3-10-29-23(18)19/h3-11,14-16H,2,12-13H2,1H3,(H,31,35). The van der Waals surface area contributed by atoms with E-state index in [4.69, 9.17) is 16.3 Å². The average molecular weight is 532 g/mol. The van der Waals surface area contributed by atoms with Gasteiger partial charge in [-0.25, -0.2) is 4.98 Å². The Morgan fingerprint density at radius 2 is 2.00 bits per heavy atom. The van der Waals surface area contributed by atoms with Crippen molar-refractivity contribution in [2.45, 2.75) is 31.7 Å². The first-order valence-corrected chi connectivity index (χ1v) is 13.1. The second-order valence-electron chi connectivity index (χ2n) is 8.68. The molecule has 0 saturated heterocycles. The van der Waals surface area contributed by atoms with Crippen molar-refractivity contribution in [1.82, 2.24) is 35.0 Å². The van der Waals surface area contributed by atoms with E-state index >= 15 is 0 Å². The fourth-order valence-corrected chi connectivity index (χ4v) is 5.55. The Hall–Kier alpha value is -3.89. The lowest BCUT2D eigenvalue weighted by Gasteiger charge is -2.35. The number of carbonyl (C=O) groups excluding carboxylic acids is 1. The topological polar surface area (TPSA) is 108 Å². The molecule has 0 radical (unpaired) electrons. The van der Waals surface area contributed by atoms with E-state index in [2.05, 4.69) is 30.5 Å². The van der Waals surface area contributed by atoms with Gasteiger partial charge in [0.05, 0.1) is 28.2 Å². The number of halogens is 1. The molecule has 0 unspecified atom stereocenters. The van der Waals surface area contributed by atoms with E-state index in [0.717, 1.165) is 23.7 Å². The Labute approximate surface area is 221 Å². The van der Waals surface area contributed by atoms with Gasteiger partial charge in [-0.1, -0.05) is 11.6 Å². The first-order chi connectivity index (χ1) is 18.1. The summed E-state index contributed by atoms with van der Waals surface area (Å²) in [5.41, 5.74) is 2.50. The summed E-state index contributed by atoms with van der Waals surface area (Å²) in [4.78, 5) is 26.2. The van der Waals surface area contributed by atoms with Crippen LogP contribution in [0, 0.1) is 0 Å². The lowest BCUT2D eigenvalue weighted by molar-refractivity contribution is 0.0908. The molecule has 0 bridgehead atoms. The van der Waals surface area contributed by atoms with E-state index < -0.39 is 0 Å². The molecule has 1 fully saturated rings. The number of ether oxygens (including phenoxy) is 1. The van der Waals surface area contributed by atoms with Crippen LogP contribution in [0.15, 0.2) is 61.1 Å². The van der Waals surface area contributed by atoms with Crippen molar-refractivity contribution in [2.75, 3.05) is 6.61 Å². The van der Waals surface area contributed by atoms with Gasteiger partial charge in [0.2, 0.25) is 0 Å². The summed E-state index contributed by atoms with van der Waals surface area (Å²) in [6.45, 7) is 2.50. The first-order valence-electron chi connectivity index (χ1n) is 11.9. The van der Waals surface area contributed by atoms with E-state index in [-0.39, 0.29) is 17.9 Å². The van der Waals surface area contributed by atoms with Crippen molar-refractivity contribution in [3.8, 4) is 22.3 Å². The highest BCUT2D eigenvalue weighted by atomic mass is 35.5. The molecule has 9 nitrogen and oxygen atoms in total. The number of nitrogens with one attached hydrogen (secondary N) is 1. The van der Waals surface area contributed by atoms with Crippen LogP contribution in [0.1, 0.15) is 41.9 Å². The van der Waals surface area contributed by atoms with Crippen molar-refractivity contribution in [3.05, 3.63) is 76.8 Å². The summed E-state index contributed by atoms with van der Waals surface area (Å²) in [7, 11) is 0. The third kappa shape index (κ3) is 4.54. The maximum absolute atomic E-state index is 13.0. The van der Waals surface area contributed by atoms with Gasteiger partial charge in [-0.05, 0) is 62.2 Å². The minimum Gasteiger partial charge on any atom is -0.492 e. The Morgan fingerprint density at radius 1 is 1.11 bits per heavy atom. The average Bonchev–Trinajstić information content (AvgIpc) is 3.52. The van der Waals surface area contributed by atoms with Crippen LogP contribution in [-0.2, 0) is 0 Å². The molecule has 6 rings (SSSR count). The number of pyridine rings is 3. The van der Waals surface area contributed by atoms with E-state index in [1.165, 1.54) is 11.3 Å². The number of hydrogen-bond donors (Lipinski definition) is 1. The summed E-state index contributed by atoms with van der Waals surface area (Å²) in [5.74, 6) is 2.14. The number of rotatable bonds is 7. The van der Waals surface area contributed by atoms with Crippen molar-refractivity contribution < 1.29 is 9.53 Å². The molecule has 5 aromatic heterocycles. The zero-order chi connectivity index (χ0) is 25.4. The van der Waals surface area contributed by atoms with Crippen molar-refractivity contribution in [1.29, 1.82) is 0 Å². The van der Waals surface area contributed by atoms with Gasteiger partial charge in [0.25, 0.3) is 5.91 Å². The molecule has 0 aliphatic heterocycles. The minimum absolute atomic E-state index is 0.0218. The number of thiophene rings is 1. The molecule has 1 saturated carbocycles. The maximum Gasteiger partial charge on any atom is 0.253 e. The molecule has 5 aromatic rings. The molecule has 0 atom stereocenters. The molecule has 0 spiro atoms. The maximum atomic E-state index is 13.0. The molecule has 1 aliphatic rings.